The summed E-state index contributed by atoms with van der Waals surface area (Å²) in [6, 6.07) is 6.05. The molecule has 0 bridgehead atoms. The van der Waals surface area contributed by atoms with E-state index < -0.39 is 0 Å². The van der Waals surface area contributed by atoms with Gasteiger partial charge in [-0.1, -0.05) is 33.8 Å². The second-order valence-electron chi connectivity index (χ2n) is 6.05. The van der Waals surface area contributed by atoms with Crippen LogP contribution in [-0.4, -0.2) is 36.1 Å². The Labute approximate surface area is 118 Å². The molecule has 108 valence electrons. The van der Waals surface area contributed by atoms with Gasteiger partial charge in [0, 0.05) is 38.9 Å². The molecule has 0 aromatic carbocycles. The Hall–Kier alpha value is -0.930. The lowest BCUT2D eigenvalue weighted by Gasteiger charge is -2.26. The summed E-state index contributed by atoms with van der Waals surface area (Å²) in [6.07, 6.45) is 1.85. The van der Waals surface area contributed by atoms with Crippen molar-refractivity contribution >= 4 is 0 Å². The smallest absolute Gasteiger partial charge is 0.0541 e. The van der Waals surface area contributed by atoms with Gasteiger partial charge in [0.05, 0.1) is 5.69 Å². The van der Waals surface area contributed by atoms with Crippen LogP contribution in [0.4, 0.5) is 0 Å². The van der Waals surface area contributed by atoms with E-state index >= 15 is 0 Å². The summed E-state index contributed by atoms with van der Waals surface area (Å²) in [6.45, 7) is 14.5. The molecule has 19 heavy (non-hydrogen) atoms. The van der Waals surface area contributed by atoms with E-state index in [4.69, 9.17) is 0 Å². The second-order valence-corrected chi connectivity index (χ2v) is 6.05. The van der Waals surface area contributed by atoms with E-state index in [0.717, 1.165) is 37.2 Å². The Kier molecular flexibility index (Phi) is 7.68. The van der Waals surface area contributed by atoms with Crippen LogP contribution in [0.25, 0.3) is 0 Å². The highest BCUT2D eigenvalue weighted by molar-refractivity contribution is 5.02. The molecule has 1 aromatic rings. The molecule has 1 N–H and O–H groups in total. The average molecular weight is 263 g/mol. The van der Waals surface area contributed by atoms with Crippen molar-refractivity contribution in [2.24, 2.45) is 11.8 Å². The molecule has 0 aliphatic carbocycles. The Bertz CT molecular complexity index is 312. The summed E-state index contributed by atoms with van der Waals surface area (Å²) < 4.78 is 0. The minimum Gasteiger partial charge on any atom is -0.310 e. The molecule has 0 spiro atoms. The molecular formula is C16H29N3. The Morgan fingerprint density at radius 2 is 1.79 bits per heavy atom. The molecule has 1 aromatic heterocycles. The molecule has 1 rings (SSSR count). The highest BCUT2D eigenvalue weighted by Gasteiger charge is 2.08. The predicted octanol–water partition coefficient (Wildman–Crippen LogP) is 2.79. The van der Waals surface area contributed by atoms with E-state index in [2.05, 4.69) is 49.0 Å². The molecule has 0 saturated heterocycles. The quantitative estimate of drug-likeness (QED) is 0.694. The van der Waals surface area contributed by atoms with E-state index in [9.17, 15) is 0 Å². The van der Waals surface area contributed by atoms with Crippen LogP contribution in [0.3, 0.4) is 0 Å². The third kappa shape index (κ3) is 7.96. The van der Waals surface area contributed by atoms with Gasteiger partial charge >= 0.3 is 0 Å². The predicted molar refractivity (Wildman–Crippen MR) is 82.1 cm³/mol. The van der Waals surface area contributed by atoms with Gasteiger partial charge in [-0.15, -0.1) is 0 Å². The maximum atomic E-state index is 4.32. The number of aromatic nitrogens is 1. The fourth-order valence-corrected chi connectivity index (χ4v) is 2.25. The van der Waals surface area contributed by atoms with Crippen molar-refractivity contribution in [3.63, 3.8) is 0 Å². The van der Waals surface area contributed by atoms with Crippen LogP contribution >= 0.6 is 0 Å². The fourth-order valence-electron chi connectivity index (χ4n) is 2.25. The lowest BCUT2D eigenvalue weighted by Crippen LogP contribution is -2.36. The van der Waals surface area contributed by atoms with Gasteiger partial charge in [0.2, 0.25) is 0 Å². The van der Waals surface area contributed by atoms with E-state index in [1.54, 1.807) is 0 Å². The number of pyridine rings is 1. The Balaban J connectivity index is 2.23. The molecule has 0 fully saturated rings. The standard InChI is InChI=1S/C16H29N3/c1-14(2)12-19(13-15(3)4)10-9-17-11-16-7-5-6-8-18-16/h5-8,14-15,17H,9-13H2,1-4H3. The summed E-state index contributed by atoms with van der Waals surface area (Å²) in [7, 11) is 0. The van der Waals surface area contributed by atoms with Crippen LogP contribution in [-0.2, 0) is 6.54 Å². The van der Waals surface area contributed by atoms with Gasteiger partial charge < -0.3 is 10.2 Å². The van der Waals surface area contributed by atoms with E-state index in [1.165, 1.54) is 13.1 Å². The number of hydrogen-bond acceptors (Lipinski definition) is 3. The molecule has 3 heteroatoms. The van der Waals surface area contributed by atoms with Crippen molar-refractivity contribution in [2.75, 3.05) is 26.2 Å². The first-order chi connectivity index (χ1) is 9.08. The number of nitrogens with zero attached hydrogens (tertiary/aromatic N) is 2. The molecule has 0 saturated carbocycles. The lowest BCUT2D eigenvalue weighted by molar-refractivity contribution is 0.219. The zero-order valence-corrected chi connectivity index (χ0v) is 12.9. The third-order valence-corrected chi connectivity index (χ3v) is 2.88. The van der Waals surface area contributed by atoms with Crippen molar-refractivity contribution in [3.8, 4) is 0 Å². The van der Waals surface area contributed by atoms with Crippen molar-refractivity contribution in [1.82, 2.24) is 15.2 Å². The van der Waals surface area contributed by atoms with Crippen molar-refractivity contribution in [1.29, 1.82) is 0 Å². The summed E-state index contributed by atoms with van der Waals surface area (Å²) in [5.74, 6) is 1.46. The zero-order valence-electron chi connectivity index (χ0n) is 12.9. The highest BCUT2D eigenvalue weighted by Crippen LogP contribution is 2.03. The molecule has 0 atom stereocenters. The topological polar surface area (TPSA) is 28.2 Å². The van der Waals surface area contributed by atoms with Crippen LogP contribution in [0.5, 0.6) is 0 Å². The molecule has 0 radical (unpaired) electrons. The van der Waals surface area contributed by atoms with Crippen LogP contribution < -0.4 is 5.32 Å². The summed E-state index contributed by atoms with van der Waals surface area (Å²) >= 11 is 0. The van der Waals surface area contributed by atoms with Gasteiger partial charge in [-0.2, -0.15) is 0 Å². The Morgan fingerprint density at radius 3 is 2.32 bits per heavy atom. The van der Waals surface area contributed by atoms with Gasteiger partial charge in [-0.3, -0.25) is 4.98 Å². The van der Waals surface area contributed by atoms with E-state index in [1.807, 2.05) is 18.3 Å². The normalized spacial score (nSPS) is 11.7. The SMILES string of the molecule is CC(C)CN(CCNCc1ccccn1)CC(C)C. The first-order valence-corrected chi connectivity index (χ1v) is 7.41. The molecule has 3 nitrogen and oxygen atoms in total. The average Bonchev–Trinajstić information content (AvgIpc) is 2.34. The zero-order chi connectivity index (χ0) is 14.1. The summed E-state index contributed by atoms with van der Waals surface area (Å²) in [5.41, 5.74) is 1.11. The Morgan fingerprint density at radius 1 is 1.11 bits per heavy atom. The van der Waals surface area contributed by atoms with Crippen LogP contribution in [0.1, 0.15) is 33.4 Å². The first kappa shape index (κ1) is 16.1. The molecule has 0 unspecified atom stereocenters. The maximum Gasteiger partial charge on any atom is 0.0541 e. The largest absolute Gasteiger partial charge is 0.310 e. The van der Waals surface area contributed by atoms with Gasteiger partial charge in [0.1, 0.15) is 0 Å². The minimum atomic E-state index is 0.731. The van der Waals surface area contributed by atoms with Gasteiger partial charge in [0.25, 0.3) is 0 Å². The van der Waals surface area contributed by atoms with Crippen molar-refractivity contribution in [3.05, 3.63) is 30.1 Å². The fraction of sp³-hybridized carbons (Fsp3) is 0.688. The third-order valence-electron chi connectivity index (χ3n) is 2.88. The summed E-state index contributed by atoms with van der Waals surface area (Å²) in [4.78, 5) is 6.87. The summed E-state index contributed by atoms with van der Waals surface area (Å²) in [5, 5.41) is 3.47. The van der Waals surface area contributed by atoms with Gasteiger partial charge in [-0.25, -0.2) is 0 Å². The molecule has 0 amide bonds. The molecule has 0 aliphatic rings. The molecular weight excluding hydrogens is 234 g/mol. The number of rotatable bonds is 9. The first-order valence-electron chi connectivity index (χ1n) is 7.41. The monoisotopic (exact) mass is 263 g/mol. The lowest BCUT2D eigenvalue weighted by atomic mass is 10.1. The molecule has 0 aliphatic heterocycles. The number of hydrogen-bond donors (Lipinski definition) is 1. The second kappa shape index (κ2) is 9.05. The van der Waals surface area contributed by atoms with Gasteiger partial charge in [-0.05, 0) is 24.0 Å². The van der Waals surface area contributed by atoms with Gasteiger partial charge in [0.15, 0.2) is 0 Å². The van der Waals surface area contributed by atoms with Crippen LogP contribution in [0.15, 0.2) is 24.4 Å². The van der Waals surface area contributed by atoms with E-state index in [-0.39, 0.29) is 0 Å². The van der Waals surface area contributed by atoms with Crippen LogP contribution in [0, 0.1) is 11.8 Å². The highest BCUT2D eigenvalue weighted by atomic mass is 15.1. The maximum absolute atomic E-state index is 4.32. The number of nitrogens with one attached hydrogen (secondary N) is 1. The van der Waals surface area contributed by atoms with E-state index in [0.29, 0.717) is 0 Å². The van der Waals surface area contributed by atoms with Crippen molar-refractivity contribution < 1.29 is 0 Å². The minimum absolute atomic E-state index is 0.731. The molecule has 1 heterocycles. The van der Waals surface area contributed by atoms with Crippen LogP contribution in [0.2, 0.25) is 0 Å². The van der Waals surface area contributed by atoms with Crippen molar-refractivity contribution in [2.45, 2.75) is 34.2 Å².